The maximum Gasteiger partial charge on any atom is 0.0471 e. The van der Waals surface area contributed by atoms with Crippen molar-refractivity contribution in [1.29, 1.82) is 0 Å². The molecule has 0 unspecified atom stereocenters. The molecule has 2 nitrogen and oxygen atoms in total. The Labute approximate surface area is 61.4 Å². The normalized spacial score (nSPS) is 12.3. The number of rotatable bonds is 4. The Hall–Kier alpha value is -1.02. The van der Waals surface area contributed by atoms with Gasteiger partial charge in [-0.15, -0.1) is 0 Å². The zero-order valence-electron chi connectivity index (χ0n) is 5.96. The van der Waals surface area contributed by atoms with Crippen molar-refractivity contribution in [3.8, 4) is 0 Å². The summed E-state index contributed by atoms with van der Waals surface area (Å²) >= 11 is 0. The van der Waals surface area contributed by atoms with Gasteiger partial charge in [-0.05, 0) is 24.3 Å². The molecule has 0 aliphatic rings. The lowest BCUT2D eigenvalue weighted by Gasteiger charge is -1.94. The smallest absolute Gasteiger partial charge is 0.0471 e. The van der Waals surface area contributed by atoms with Gasteiger partial charge in [0.2, 0.25) is 0 Å². The summed E-state index contributed by atoms with van der Waals surface area (Å²) in [5.41, 5.74) is 6.14. The summed E-state index contributed by atoms with van der Waals surface area (Å²) in [5.74, 6) is 0. The summed E-state index contributed by atoms with van der Waals surface area (Å²) in [6, 6.07) is 0. The summed E-state index contributed by atoms with van der Waals surface area (Å²) in [5, 5.41) is 8.54. The fourth-order valence-corrected chi connectivity index (χ4v) is 0.626. The van der Waals surface area contributed by atoms with Gasteiger partial charge in [-0.2, -0.15) is 0 Å². The van der Waals surface area contributed by atoms with Crippen molar-refractivity contribution in [2.24, 2.45) is 5.73 Å². The Bertz CT molecular complexity index is 147. The topological polar surface area (TPSA) is 46.2 Å². The van der Waals surface area contributed by atoms with Crippen LogP contribution in [0.2, 0.25) is 0 Å². The van der Waals surface area contributed by atoms with Gasteiger partial charge in [0.15, 0.2) is 0 Å². The van der Waals surface area contributed by atoms with Crippen LogP contribution in [0.4, 0.5) is 0 Å². The third-order valence-corrected chi connectivity index (χ3v) is 1.04. The quantitative estimate of drug-likeness (QED) is 0.570. The number of allylic oxidation sites excluding steroid dienone is 3. The fraction of sp³-hybridized carbons (Fsp3) is 0.250. The molecule has 3 N–H and O–H groups in total. The van der Waals surface area contributed by atoms with Crippen molar-refractivity contribution in [2.75, 3.05) is 6.61 Å². The summed E-state index contributed by atoms with van der Waals surface area (Å²) in [6.07, 6.45) is 7.31. The molecule has 0 bridgehead atoms. The summed E-state index contributed by atoms with van der Waals surface area (Å²) in [7, 11) is 0. The number of aliphatic hydroxyl groups is 1. The third kappa shape index (κ3) is 3.92. The van der Waals surface area contributed by atoms with Crippen LogP contribution in [0.5, 0.6) is 0 Å². The molecule has 0 heterocycles. The Kier molecular flexibility index (Phi) is 5.48. The predicted octanol–water partition coefficient (Wildman–Crippen LogP) is 0.954. The second-order valence-electron chi connectivity index (χ2n) is 1.81. The Balaban J connectivity index is 3.96. The zero-order chi connectivity index (χ0) is 7.82. The lowest BCUT2D eigenvalue weighted by molar-refractivity contribution is 0.300. The van der Waals surface area contributed by atoms with Gasteiger partial charge in [-0.3, -0.25) is 0 Å². The third-order valence-electron chi connectivity index (χ3n) is 1.04. The molecular weight excluding hydrogens is 126 g/mol. The molecule has 0 aromatic rings. The summed E-state index contributed by atoms with van der Waals surface area (Å²) in [6.45, 7) is 3.68. The first-order chi connectivity index (χ1) is 4.85. The van der Waals surface area contributed by atoms with E-state index in [1.165, 1.54) is 6.20 Å². The van der Waals surface area contributed by atoms with E-state index >= 15 is 0 Å². The van der Waals surface area contributed by atoms with Crippen molar-refractivity contribution in [1.82, 2.24) is 0 Å². The lowest BCUT2D eigenvalue weighted by atomic mass is 10.2. The molecule has 10 heavy (non-hydrogen) atoms. The molecule has 0 aliphatic carbocycles. The largest absolute Gasteiger partial charge is 0.405 e. The van der Waals surface area contributed by atoms with E-state index in [0.29, 0.717) is 6.42 Å². The molecule has 0 rings (SSSR count). The van der Waals surface area contributed by atoms with Crippen LogP contribution in [-0.4, -0.2) is 11.7 Å². The van der Waals surface area contributed by atoms with E-state index in [2.05, 4.69) is 6.58 Å². The monoisotopic (exact) mass is 139 g/mol. The van der Waals surface area contributed by atoms with Crippen molar-refractivity contribution in [3.05, 3.63) is 36.6 Å². The van der Waals surface area contributed by atoms with Crippen molar-refractivity contribution < 1.29 is 5.11 Å². The Morgan fingerprint density at radius 1 is 1.60 bits per heavy atom. The molecule has 0 saturated heterocycles. The minimum atomic E-state index is 0.143. The van der Waals surface area contributed by atoms with Crippen molar-refractivity contribution in [2.45, 2.75) is 6.42 Å². The lowest BCUT2D eigenvalue weighted by Crippen LogP contribution is -1.86. The highest BCUT2D eigenvalue weighted by Crippen LogP contribution is 2.01. The first kappa shape index (κ1) is 8.98. The van der Waals surface area contributed by atoms with Crippen LogP contribution >= 0.6 is 0 Å². The van der Waals surface area contributed by atoms with E-state index < -0.39 is 0 Å². The molecule has 0 aliphatic heterocycles. The number of aliphatic hydroxyl groups excluding tert-OH is 1. The van der Waals surface area contributed by atoms with Gasteiger partial charge in [0, 0.05) is 6.61 Å². The molecule has 0 spiro atoms. The standard InChI is InChI=1S/C8H13NO/c1-2-3-8(4-6-9)5-7-10/h2-4,6,10H,1,5,7,9H2/b6-4-,8-3+. The van der Waals surface area contributed by atoms with E-state index in [-0.39, 0.29) is 6.61 Å². The first-order valence-corrected chi connectivity index (χ1v) is 3.16. The van der Waals surface area contributed by atoms with Gasteiger partial charge in [0.05, 0.1) is 0 Å². The average Bonchev–Trinajstić information content (AvgIpc) is 1.90. The fourth-order valence-electron chi connectivity index (χ4n) is 0.626. The van der Waals surface area contributed by atoms with E-state index in [1.807, 2.05) is 6.08 Å². The van der Waals surface area contributed by atoms with Gasteiger partial charge in [-0.25, -0.2) is 0 Å². The number of hydrogen-bond acceptors (Lipinski definition) is 2. The number of hydrogen-bond donors (Lipinski definition) is 2. The highest BCUT2D eigenvalue weighted by atomic mass is 16.2. The highest BCUT2D eigenvalue weighted by Gasteiger charge is 1.86. The van der Waals surface area contributed by atoms with Crippen molar-refractivity contribution in [3.63, 3.8) is 0 Å². The minimum absolute atomic E-state index is 0.143. The zero-order valence-corrected chi connectivity index (χ0v) is 5.96. The van der Waals surface area contributed by atoms with Crippen LogP contribution in [0.1, 0.15) is 6.42 Å². The minimum Gasteiger partial charge on any atom is -0.405 e. The van der Waals surface area contributed by atoms with Gasteiger partial charge in [-0.1, -0.05) is 18.7 Å². The van der Waals surface area contributed by atoms with E-state index in [9.17, 15) is 0 Å². The molecule has 0 aromatic heterocycles. The van der Waals surface area contributed by atoms with E-state index in [4.69, 9.17) is 10.8 Å². The number of nitrogens with two attached hydrogens (primary N) is 1. The molecule has 0 radical (unpaired) electrons. The molecule has 0 saturated carbocycles. The maximum atomic E-state index is 8.54. The molecule has 56 valence electrons. The van der Waals surface area contributed by atoms with Crippen LogP contribution in [-0.2, 0) is 0 Å². The molecule has 0 aromatic carbocycles. The first-order valence-electron chi connectivity index (χ1n) is 3.16. The van der Waals surface area contributed by atoms with E-state index in [1.54, 1.807) is 12.2 Å². The van der Waals surface area contributed by atoms with E-state index in [0.717, 1.165) is 5.57 Å². The maximum absolute atomic E-state index is 8.54. The molecule has 2 heteroatoms. The van der Waals surface area contributed by atoms with Crippen LogP contribution in [0.25, 0.3) is 0 Å². The SMILES string of the molecule is C=C/C=C(\C=C/N)CCO. The van der Waals surface area contributed by atoms with Crippen LogP contribution in [0.3, 0.4) is 0 Å². The predicted molar refractivity (Wildman–Crippen MR) is 43.3 cm³/mol. The average molecular weight is 139 g/mol. The van der Waals surface area contributed by atoms with Crippen molar-refractivity contribution >= 4 is 0 Å². The highest BCUT2D eigenvalue weighted by molar-refractivity contribution is 5.22. The van der Waals surface area contributed by atoms with Crippen LogP contribution in [0, 0.1) is 0 Å². The summed E-state index contributed by atoms with van der Waals surface area (Å²) in [4.78, 5) is 0. The molecule has 0 atom stereocenters. The van der Waals surface area contributed by atoms with Gasteiger partial charge in [0.25, 0.3) is 0 Å². The summed E-state index contributed by atoms with van der Waals surface area (Å²) < 4.78 is 0. The molecule has 0 fully saturated rings. The second-order valence-corrected chi connectivity index (χ2v) is 1.81. The molecular formula is C8H13NO. The van der Waals surface area contributed by atoms with Gasteiger partial charge < -0.3 is 10.8 Å². The second kappa shape index (κ2) is 6.11. The Morgan fingerprint density at radius 2 is 2.30 bits per heavy atom. The van der Waals surface area contributed by atoms with Gasteiger partial charge in [0.1, 0.15) is 0 Å². The Morgan fingerprint density at radius 3 is 2.70 bits per heavy atom. The van der Waals surface area contributed by atoms with Crippen LogP contribution < -0.4 is 5.73 Å². The molecule has 0 amide bonds. The van der Waals surface area contributed by atoms with Crippen LogP contribution in [0.15, 0.2) is 36.6 Å². The van der Waals surface area contributed by atoms with Gasteiger partial charge >= 0.3 is 0 Å².